The number of likely N-dealkylation sites (N-methyl/N-ethyl adjacent to an activating group) is 1. The fourth-order valence-electron chi connectivity index (χ4n) is 6.50. The lowest BCUT2D eigenvalue weighted by Crippen LogP contribution is -2.56. The molecule has 0 radical (unpaired) electrons. The summed E-state index contributed by atoms with van der Waals surface area (Å²) in [7, 11) is 3.76. The van der Waals surface area contributed by atoms with Crippen LogP contribution in [0.4, 0.5) is 0 Å². The third kappa shape index (κ3) is 8.24. The fraction of sp³-hybridized carbons (Fsp3) is 0.839. The van der Waals surface area contributed by atoms with Crippen molar-refractivity contribution in [2.45, 2.75) is 128 Å². The second-order valence-electron chi connectivity index (χ2n) is 12.9. The van der Waals surface area contributed by atoms with Crippen LogP contribution in [-0.4, -0.2) is 102 Å². The summed E-state index contributed by atoms with van der Waals surface area (Å²) in [6, 6.07) is -0.219. The molecule has 2 fully saturated rings. The Balaban J connectivity index is 1.95. The summed E-state index contributed by atoms with van der Waals surface area (Å²) >= 11 is 0. The molecule has 234 valence electrons. The number of ether oxygens (including phenoxy) is 4. The number of aliphatic hydroxyl groups excluding tert-OH is 2. The van der Waals surface area contributed by atoms with Crippen molar-refractivity contribution >= 4 is 18.0 Å². The predicted molar refractivity (Wildman–Crippen MR) is 152 cm³/mol. The normalized spacial score (nSPS) is 45.5. The molecule has 0 unspecified atom stereocenters. The first-order valence-corrected chi connectivity index (χ1v) is 15.1. The van der Waals surface area contributed by atoms with Gasteiger partial charge in [0, 0.05) is 30.2 Å². The Morgan fingerprint density at radius 1 is 1.12 bits per heavy atom. The van der Waals surface area contributed by atoms with E-state index >= 15 is 0 Å². The number of ketones is 1. The van der Waals surface area contributed by atoms with Crippen LogP contribution in [0, 0.1) is 23.7 Å². The molecule has 10 nitrogen and oxygen atoms in total. The summed E-state index contributed by atoms with van der Waals surface area (Å²) in [5, 5.41) is 22.4. The number of cyclic esters (lactones) is 1. The molecule has 10 heteroatoms. The molecule has 0 bridgehead atoms. The zero-order chi connectivity index (χ0) is 30.6. The van der Waals surface area contributed by atoms with E-state index in [1.165, 1.54) is 0 Å². The van der Waals surface area contributed by atoms with Gasteiger partial charge in [-0.25, -0.2) is 0 Å². The topological polar surface area (TPSA) is 135 Å². The molecule has 0 aromatic carbocycles. The number of aliphatic hydroxyl groups is 2. The number of fused-ring (bicyclic) bond motifs is 1. The van der Waals surface area contributed by atoms with Gasteiger partial charge >= 0.3 is 5.97 Å². The van der Waals surface area contributed by atoms with Crippen LogP contribution in [0.3, 0.4) is 0 Å². The lowest BCUT2D eigenvalue weighted by molar-refractivity contribution is -0.283. The number of nitrogens with zero attached hydrogens (tertiary/aromatic N) is 1. The molecule has 2 N–H and O–H groups in total. The predicted octanol–water partition coefficient (Wildman–Crippen LogP) is 2.67. The van der Waals surface area contributed by atoms with E-state index in [0.717, 1.165) is 6.29 Å². The van der Waals surface area contributed by atoms with Crippen LogP contribution in [-0.2, 0) is 33.3 Å². The minimum Gasteiger partial charge on any atom is -0.462 e. The number of allylic oxidation sites excluding steroid dienone is 1. The zero-order valence-electron chi connectivity index (χ0n) is 25.9. The van der Waals surface area contributed by atoms with E-state index in [9.17, 15) is 24.6 Å². The average Bonchev–Trinajstić information content (AvgIpc) is 3.60. The standard InChI is InChI=1S/C31H51NO9/c1-9-25-20(5)29-31(6,41-29)12-10-23(34)17(2)14-21(11-13-33)28(19(4)24(35)16-26(36)39-25)40-30-27(37)22(32(7)8)15-18(3)38-30/h10,12-13,17-22,24-25,27-30,35,37H,9,11,14-16H2,1-8H3/b12-10+/t17-,18-,19+,20-,21+,22+,24-,25-,27-,28-,29+,30+,31+/m1/s1. The van der Waals surface area contributed by atoms with Crippen molar-refractivity contribution in [1.29, 1.82) is 0 Å². The van der Waals surface area contributed by atoms with Gasteiger partial charge in [0.25, 0.3) is 0 Å². The van der Waals surface area contributed by atoms with Gasteiger partial charge in [0.05, 0.1) is 30.8 Å². The van der Waals surface area contributed by atoms with Crippen LogP contribution in [0.2, 0.25) is 0 Å². The summed E-state index contributed by atoms with van der Waals surface area (Å²) in [5.74, 6) is -2.32. The Morgan fingerprint density at radius 2 is 1.80 bits per heavy atom. The molecule has 3 aliphatic heterocycles. The number of aldehydes is 1. The van der Waals surface area contributed by atoms with E-state index in [4.69, 9.17) is 18.9 Å². The molecule has 0 spiro atoms. The van der Waals surface area contributed by atoms with Gasteiger partial charge in [-0.3, -0.25) is 9.59 Å². The highest BCUT2D eigenvalue weighted by Gasteiger charge is 2.55. The lowest BCUT2D eigenvalue weighted by atomic mass is 9.79. The van der Waals surface area contributed by atoms with Crippen LogP contribution in [0.5, 0.6) is 0 Å². The smallest absolute Gasteiger partial charge is 0.308 e. The van der Waals surface area contributed by atoms with Gasteiger partial charge < -0.3 is 38.9 Å². The molecule has 3 rings (SSSR count). The van der Waals surface area contributed by atoms with Crippen LogP contribution in [0.1, 0.15) is 73.6 Å². The quantitative estimate of drug-likeness (QED) is 0.274. The number of carbonyl (C=O) groups is 3. The molecule has 0 aliphatic carbocycles. The molecule has 0 aromatic heterocycles. The number of hydrogen-bond acceptors (Lipinski definition) is 10. The van der Waals surface area contributed by atoms with Gasteiger partial charge in [0.15, 0.2) is 12.1 Å². The van der Waals surface area contributed by atoms with Gasteiger partial charge in [0.2, 0.25) is 0 Å². The van der Waals surface area contributed by atoms with Gasteiger partial charge in [-0.05, 0) is 65.3 Å². The monoisotopic (exact) mass is 581 g/mol. The van der Waals surface area contributed by atoms with E-state index in [0.29, 0.717) is 19.3 Å². The molecular weight excluding hydrogens is 530 g/mol. The number of rotatable bonds is 6. The van der Waals surface area contributed by atoms with Crippen LogP contribution < -0.4 is 0 Å². The van der Waals surface area contributed by atoms with Gasteiger partial charge in [-0.2, -0.15) is 0 Å². The summed E-state index contributed by atoms with van der Waals surface area (Å²) in [5.41, 5.74) is -0.637. The Kier molecular flexibility index (Phi) is 11.7. The third-order valence-corrected chi connectivity index (χ3v) is 9.29. The number of epoxide rings is 1. The van der Waals surface area contributed by atoms with E-state index in [2.05, 4.69) is 0 Å². The van der Waals surface area contributed by atoms with Crippen molar-refractivity contribution in [3.05, 3.63) is 12.2 Å². The summed E-state index contributed by atoms with van der Waals surface area (Å²) in [6.07, 6.45) is 0.627. The zero-order valence-corrected chi connectivity index (χ0v) is 25.9. The van der Waals surface area contributed by atoms with Crippen molar-refractivity contribution in [3.8, 4) is 0 Å². The molecule has 0 amide bonds. The van der Waals surface area contributed by atoms with E-state index in [-0.39, 0.29) is 42.8 Å². The first-order chi connectivity index (χ1) is 19.2. The Morgan fingerprint density at radius 3 is 2.41 bits per heavy atom. The Bertz CT molecular complexity index is 941. The highest BCUT2D eigenvalue weighted by atomic mass is 16.7. The van der Waals surface area contributed by atoms with Crippen molar-refractivity contribution in [2.24, 2.45) is 23.7 Å². The fourth-order valence-corrected chi connectivity index (χ4v) is 6.50. The Labute approximate surface area is 244 Å². The van der Waals surface area contributed by atoms with Gasteiger partial charge in [-0.1, -0.05) is 27.7 Å². The molecular formula is C31H51NO9. The molecule has 3 heterocycles. The molecule has 0 aromatic rings. The average molecular weight is 582 g/mol. The maximum absolute atomic E-state index is 13.2. The van der Waals surface area contributed by atoms with Crippen molar-refractivity contribution in [1.82, 2.24) is 4.90 Å². The van der Waals surface area contributed by atoms with Crippen molar-refractivity contribution < 1.29 is 43.5 Å². The van der Waals surface area contributed by atoms with Crippen molar-refractivity contribution in [2.75, 3.05) is 14.1 Å². The summed E-state index contributed by atoms with van der Waals surface area (Å²) < 4.78 is 24.2. The highest BCUT2D eigenvalue weighted by molar-refractivity contribution is 5.91. The van der Waals surface area contributed by atoms with E-state index in [1.807, 2.05) is 53.6 Å². The largest absolute Gasteiger partial charge is 0.462 e. The van der Waals surface area contributed by atoms with E-state index in [1.54, 1.807) is 19.1 Å². The minimum absolute atomic E-state index is 0.0707. The summed E-state index contributed by atoms with van der Waals surface area (Å²) in [4.78, 5) is 40.0. The minimum atomic E-state index is -1.15. The van der Waals surface area contributed by atoms with Crippen LogP contribution >= 0.6 is 0 Å². The van der Waals surface area contributed by atoms with E-state index < -0.39 is 60.0 Å². The van der Waals surface area contributed by atoms with Crippen LogP contribution in [0.25, 0.3) is 0 Å². The van der Waals surface area contributed by atoms with Gasteiger partial charge in [-0.15, -0.1) is 0 Å². The second-order valence-corrected chi connectivity index (χ2v) is 12.9. The molecule has 2 saturated heterocycles. The SMILES string of the molecule is CC[C@H]1OC(=O)C[C@@H](O)[C@H](C)[C@@H](O[C@@H]2O[C@H](C)C[C@H](N(C)C)[C@H]2O)[C@@H](CC=O)C[C@@H](C)C(=O)/C=C/[C@]2(C)O[C@H]2[C@@H]1C. The number of hydrogen-bond donors (Lipinski definition) is 2. The molecule has 13 atom stereocenters. The maximum Gasteiger partial charge on any atom is 0.308 e. The number of esters is 1. The number of carbonyl (C=O) groups excluding carboxylic acids is 3. The van der Waals surface area contributed by atoms with Crippen LogP contribution in [0.15, 0.2) is 12.2 Å². The van der Waals surface area contributed by atoms with Crippen molar-refractivity contribution in [3.63, 3.8) is 0 Å². The lowest BCUT2D eigenvalue weighted by Gasteiger charge is -2.44. The third-order valence-electron chi connectivity index (χ3n) is 9.29. The maximum atomic E-state index is 13.2. The van der Waals surface area contributed by atoms with Gasteiger partial charge in [0.1, 0.15) is 24.1 Å². The molecule has 3 aliphatic rings. The first-order valence-electron chi connectivity index (χ1n) is 15.1. The summed E-state index contributed by atoms with van der Waals surface area (Å²) in [6.45, 7) is 11.3. The highest BCUT2D eigenvalue weighted by Crippen LogP contribution is 2.45. The Hall–Kier alpha value is -1.69. The molecule has 0 saturated carbocycles. The first kappa shape index (κ1) is 33.8. The molecule has 41 heavy (non-hydrogen) atoms. The second kappa shape index (κ2) is 14.2.